The summed E-state index contributed by atoms with van der Waals surface area (Å²) in [7, 11) is 0. The summed E-state index contributed by atoms with van der Waals surface area (Å²) in [5.74, 6) is -10.9. The van der Waals surface area contributed by atoms with Crippen LogP contribution in [-0.4, -0.2) is 32.2 Å². The Bertz CT molecular complexity index is 1240. The van der Waals surface area contributed by atoms with Crippen LogP contribution in [0.2, 0.25) is 0 Å². The number of carbonyl (C=O) groups excluding carboxylic acids is 1. The number of aromatic nitrogens is 2. The third-order valence-electron chi connectivity index (χ3n) is 5.10. The van der Waals surface area contributed by atoms with Crippen molar-refractivity contribution in [3.8, 4) is 0 Å². The van der Waals surface area contributed by atoms with E-state index in [1.54, 1.807) is 0 Å². The van der Waals surface area contributed by atoms with Crippen molar-refractivity contribution in [1.29, 1.82) is 0 Å². The molecule has 1 heterocycles. The normalized spacial score (nSPS) is 13.1. The lowest BCUT2D eigenvalue weighted by Gasteiger charge is -2.20. The molecule has 1 fully saturated rings. The molecule has 0 saturated heterocycles. The third-order valence-corrected chi connectivity index (χ3v) is 6.10. The van der Waals surface area contributed by atoms with Gasteiger partial charge in [-0.1, -0.05) is 23.5 Å². The average molecular weight is 498 g/mol. The van der Waals surface area contributed by atoms with E-state index in [2.05, 4.69) is 15.5 Å². The fourth-order valence-corrected chi connectivity index (χ4v) is 4.01. The molecule has 2 N–H and O–H groups in total. The number of amides is 2. The highest BCUT2D eigenvalue weighted by Crippen LogP contribution is 2.42. The Kier molecular flexibility index (Phi) is 6.46. The molecule has 1 saturated carbocycles. The van der Waals surface area contributed by atoms with Gasteiger partial charge in [0.05, 0.1) is 6.54 Å². The first-order chi connectivity index (χ1) is 16.2. The number of carboxylic acid groups (broad SMARTS) is 1. The van der Waals surface area contributed by atoms with Crippen LogP contribution < -0.4 is 5.32 Å². The van der Waals surface area contributed by atoms with Crippen molar-refractivity contribution < 1.29 is 36.6 Å². The van der Waals surface area contributed by atoms with Crippen molar-refractivity contribution in [3.05, 3.63) is 75.0 Å². The van der Waals surface area contributed by atoms with Crippen molar-refractivity contribution in [3.63, 3.8) is 0 Å². The van der Waals surface area contributed by atoms with Gasteiger partial charge in [-0.25, -0.2) is 26.7 Å². The van der Waals surface area contributed by atoms with E-state index in [4.69, 9.17) is 0 Å². The lowest BCUT2D eigenvalue weighted by Crippen LogP contribution is -2.30. The first kappa shape index (κ1) is 23.5. The molecule has 1 aromatic heterocycles. The van der Waals surface area contributed by atoms with Crippen LogP contribution in [0.25, 0.3) is 0 Å². The van der Waals surface area contributed by atoms with Gasteiger partial charge < -0.3 is 5.11 Å². The summed E-state index contributed by atoms with van der Waals surface area (Å²) in [5, 5.41) is 21.1. The summed E-state index contributed by atoms with van der Waals surface area (Å²) in [5.41, 5.74) is -0.722. The summed E-state index contributed by atoms with van der Waals surface area (Å²) >= 11 is 1.28. The number of halogens is 5. The van der Waals surface area contributed by atoms with Gasteiger partial charge in [-0.2, -0.15) is 0 Å². The van der Waals surface area contributed by atoms with Crippen LogP contribution in [0.3, 0.4) is 0 Å². The van der Waals surface area contributed by atoms with Crippen LogP contribution >= 0.6 is 11.3 Å². The molecule has 1 aliphatic rings. The number of rotatable bonds is 7. The van der Waals surface area contributed by atoms with E-state index >= 15 is 0 Å². The zero-order chi connectivity index (χ0) is 24.6. The summed E-state index contributed by atoms with van der Waals surface area (Å²) in [6.07, 6.45) is 0.442. The molecule has 0 radical (unpaired) electrons. The van der Waals surface area contributed by atoms with E-state index in [9.17, 15) is 36.6 Å². The largest absolute Gasteiger partial charge is 0.465 e. The summed E-state index contributed by atoms with van der Waals surface area (Å²) in [4.78, 5) is 24.4. The first-order valence-corrected chi connectivity index (χ1v) is 10.7. The van der Waals surface area contributed by atoms with Crippen molar-refractivity contribution in [2.75, 3.05) is 5.32 Å². The van der Waals surface area contributed by atoms with Crippen LogP contribution in [0.1, 0.15) is 45.3 Å². The number of benzene rings is 2. The lowest BCUT2D eigenvalue weighted by molar-refractivity contribution is 0.102. The quantitative estimate of drug-likeness (QED) is 0.270. The van der Waals surface area contributed by atoms with Crippen molar-refractivity contribution >= 4 is 28.5 Å². The molecule has 4 rings (SSSR count). The SMILES string of the molecule is O=C(Nc1nnc(C2CC2)s1)c1ccc(CN(Cc2c(F)c(F)c(F)c(F)c2F)C(=O)O)cc1. The number of nitrogens with one attached hydrogen (secondary N) is 1. The van der Waals surface area contributed by atoms with E-state index in [1.807, 2.05) is 0 Å². The maximum Gasteiger partial charge on any atom is 0.407 e. The van der Waals surface area contributed by atoms with E-state index in [1.165, 1.54) is 35.6 Å². The molecule has 3 aromatic rings. The molecule has 13 heteroatoms. The molecule has 0 spiro atoms. The smallest absolute Gasteiger partial charge is 0.407 e. The van der Waals surface area contributed by atoms with Crippen LogP contribution in [0.15, 0.2) is 24.3 Å². The standard InChI is InChI=1S/C21H15F5N4O3S/c22-13-12(14(23)16(25)17(26)15(13)24)8-30(21(32)33)7-9-1-3-10(4-2-9)18(31)27-20-29-28-19(34-20)11-5-6-11/h1-4,11H,5-8H2,(H,32,33)(H,27,29,31). The van der Waals surface area contributed by atoms with Crippen molar-refractivity contribution in [1.82, 2.24) is 15.1 Å². The van der Waals surface area contributed by atoms with E-state index in [0.29, 0.717) is 21.5 Å². The number of anilines is 1. The summed E-state index contributed by atoms with van der Waals surface area (Å²) in [6, 6.07) is 5.59. The van der Waals surface area contributed by atoms with E-state index in [-0.39, 0.29) is 5.56 Å². The van der Waals surface area contributed by atoms with Gasteiger partial charge in [-0.05, 0) is 30.5 Å². The van der Waals surface area contributed by atoms with Gasteiger partial charge in [0.2, 0.25) is 10.9 Å². The fraction of sp³-hybridized carbons (Fsp3) is 0.238. The van der Waals surface area contributed by atoms with Gasteiger partial charge in [0, 0.05) is 23.6 Å². The topological polar surface area (TPSA) is 95.4 Å². The summed E-state index contributed by atoms with van der Waals surface area (Å²) in [6.45, 7) is -1.51. The zero-order valence-corrected chi connectivity index (χ0v) is 17.9. The van der Waals surface area contributed by atoms with Gasteiger partial charge in [0.25, 0.3) is 5.91 Å². The van der Waals surface area contributed by atoms with E-state index in [0.717, 1.165) is 17.8 Å². The minimum Gasteiger partial charge on any atom is -0.465 e. The molecule has 7 nitrogen and oxygen atoms in total. The monoisotopic (exact) mass is 498 g/mol. The van der Waals surface area contributed by atoms with Crippen LogP contribution in [-0.2, 0) is 13.1 Å². The van der Waals surface area contributed by atoms with Crippen molar-refractivity contribution in [2.45, 2.75) is 31.8 Å². The second kappa shape index (κ2) is 9.33. The molecule has 0 atom stereocenters. The summed E-state index contributed by atoms with van der Waals surface area (Å²) < 4.78 is 68.0. The molecule has 2 aromatic carbocycles. The number of carbonyl (C=O) groups is 2. The van der Waals surface area contributed by atoms with Crippen LogP contribution in [0.4, 0.5) is 31.9 Å². The highest BCUT2D eigenvalue weighted by atomic mass is 32.1. The van der Waals surface area contributed by atoms with Gasteiger partial charge in [0.15, 0.2) is 23.3 Å². The Morgan fingerprint density at radius 1 is 0.941 bits per heavy atom. The molecular weight excluding hydrogens is 483 g/mol. The molecule has 0 bridgehead atoms. The maximum absolute atomic E-state index is 13.9. The number of hydrogen-bond acceptors (Lipinski definition) is 5. The molecule has 0 unspecified atom stereocenters. The minimum absolute atomic E-state index is 0.230. The second-order valence-electron chi connectivity index (χ2n) is 7.56. The fourth-order valence-electron chi connectivity index (χ4n) is 3.10. The van der Waals surface area contributed by atoms with Gasteiger partial charge in [-0.3, -0.25) is 15.0 Å². The molecular formula is C21H15F5N4O3S. The van der Waals surface area contributed by atoms with Gasteiger partial charge in [-0.15, -0.1) is 10.2 Å². The Morgan fingerprint density at radius 2 is 1.53 bits per heavy atom. The highest BCUT2D eigenvalue weighted by Gasteiger charge is 2.29. The van der Waals surface area contributed by atoms with Crippen LogP contribution in [0.5, 0.6) is 0 Å². The molecule has 34 heavy (non-hydrogen) atoms. The predicted octanol–water partition coefficient (Wildman–Crippen LogP) is 5.04. The predicted molar refractivity (Wildman–Crippen MR) is 110 cm³/mol. The third kappa shape index (κ3) is 4.83. The molecule has 2 amide bonds. The minimum atomic E-state index is -2.33. The molecule has 178 valence electrons. The number of hydrogen-bond donors (Lipinski definition) is 2. The Hall–Kier alpha value is -3.61. The Morgan fingerprint density at radius 3 is 2.09 bits per heavy atom. The Balaban J connectivity index is 1.45. The highest BCUT2D eigenvalue weighted by molar-refractivity contribution is 7.15. The Labute approximate surface area is 192 Å². The van der Waals surface area contributed by atoms with Gasteiger partial charge >= 0.3 is 6.09 Å². The maximum atomic E-state index is 13.9. The second-order valence-corrected chi connectivity index (χ2v) is 8.57. The number of nitrogens with zero attached hydrogens (tertiary/aromatic N) is 3. The van der Waals surface area contributed by atoms with Crippen LogP contribution in [0, 0.1) is 29.1 Å². The molecule has 0 aliphatic heterocycles. The first-order valence-electron chi connectivity index (χ1n) is 9.87. The van der Waals surface area contributed by atoms with Crippen molar-refractivity contribution in [2.24, 2.45) is 0 Å². The lowest BCUT2D eigenvalue weighted by atomic mass is 10.1. The molecule has 1 aliphatic carbocycles. The average Bonchev–Trinajstić information content (AvgIpc) is 3.57. The zero-order valence-electron chi connectivity index (χ0n) is 17.1. The van der Waals surface area contributed by atoms with Gasteiger partial charge in [0.1, 0.15) is 5.01 Å². The van der Waals surface area contributed by atoms with E-state index < -0.39 is 59.7 Å².